The largest absolute Gasteiger partial charge is 0.356 e. The van der Waals surface area contributed by atoms with Gasteiger partial charge in [-0.1, -0.05) is 31.0 Å². The van der Waals surface area contributed by atoms with E-state index in [4.69, 9.17) is 11.6 Å². The highest BCUT2D eigenvalue weighted by atomic mass is 35.5. The van der Waals surface area contributed by atoms with E-state index in [1.165, 1.54) is 0 Å². The molecule has 22 heavy (non-hydrogen) atoms. The van der Waals surface area contributed by atoms with Crippen molar-refractivity contribution in [3.63, 3.8) is 0 Å². The van der Waals surface area contributed by atoms with Crippen molar-refractivity contribution in [2.24, 2.45) is 5.92 Å². The van der Waals surface area contributed by atoms with Crippen molar-refractivity contribution >= 4 is 29.1 Å². The lowest BCUT2D eigenvalue weighted by Crippen LogP contribution is -2.33. The second kappa shape index (κ2) is 7.14. The van der Waals surface area contributed by atoms with Crippen LogP contribution in [0.5, 0.6) is 0 Å². The van der Waals surface area contributed by atoms with Crippen LogP contribution in [0.3, 0.4) is 0 Å². The van der Waals surface area contributed by atoms with Crippen molar-refractivity contribution in [2.75, 3.05) is 18.0 Å². The monoisotopic (exact) mass is 322 g/mol. The Morgan fingerprint density at radius 2 is 2.14 bits per heavy atom. The van der Waals surface area contributed by atoms with Crippen LogP contribution >= 0.6 is 11.6 Å². The number of halogens is 1. The third-order valence-corrected chi connectivity index (χ3v) is 4.28. The number of hydrogen-bond donors (Lipinski definition) is 1. The molecule has 1 atom stereocenters. The number of aryl methyl sites for hydroxylation is 2. The first-order valence-electron chi connectivity index (χ1n) is 7.78. The first kappa shape index (κ1) is 16.8. The maximum absolute atomic E-state index is 12.3. The van der Waals surface area contributed by atoms with Crippen molar-refractivity contribution in [2.45, 2.75) is 40.0 Å². The van der Waals surface area contributed by atoms with Gasteiger partial charge in [0.05, 0.1) is 16.6 Å². The topological polar surface area (TPSA) is 49.4 Å². The van der Waals surface area contributed by atoms with Gasteiger partial charge in [-0.3, -0.25) is 9.59 Å². The molecule has 0 saturated carbocycles. The van der Waals surface area contributed by atoms with Crippen molar-refractivity contribution in [3.05, 3.63) is 28.3 Å². The molecule has 1 aromatic carbocycles. The Balaban J connectivity index is 2.12. The molecule has 2 amide bonds. The Morgan fingerprint density at radius 3 is 2.77 bits per heavy atom. The van der Waals surface area contributed by atoms with Crippen molar-refractivity contribution in [1.29, 1.82) is 0 Å². The van der Waals surface area contributed by atoms with Crippen LogP contribution in [0.25, 0.3) is 0 Å². The Morgan fingerprint density at radius 1 is 1.41 bits per heavy atom. The van der Waals surface area contributed by atoms with Gasteiger partial charge in [-0.2, -0.15) is 0 Å². The molecule has 5 heteroatoms. The highest BCUT2D eigenvalue weighted by Crippen LogP contribution is 2.35. The summed E-state index contributed by atoms with van der Waals surface area (Å²) < 4.78 is 0. The van der Waals surface area contributed by atoms with Gasteiger partial charge in [0.1, 0.15) is 0 Å². The number of nitrogens with one attached hydrogen (secondary N) is 1. The van der Waals surface area contributed by atoms with E-state index in [0.717, 1.165) is 29.7 Å². The normalized spacial score (nSPS) is 17.9. The first-order chi connectivity index (χ1) is 10.4. The van der Waals surface area contributed by atoms with E-state index in [2.05, 4.69) is 12.2 Å². The van der Waals surface area contributed by atoms with Gasteiger partial charge in [0, 0.05) is 19.5 Å². The molecule has 1 aromatic rings. The zero-order valence-electron chi connectivity index (χ0n) is 13.4. The van der Waals surface area contributed by atoms with E-state index in [1.54, 1.807) is 4.90 Å². The minimum Gasteiger partial charge on any atom is -0.356 e. The van der Waals surface area contributed by atoms with Crippen LogP contribution in [0, 0.1) is 19.8 Å². The Bertz CT molecular complexity index is 563. The van der Waals surface area contributed by atoms with Crippen LogP contribution in [0.15, 0.2) is 12.1 Å². The molecule has 0 aromatic heterocycles. The number of amides is 2. The summed E-state index contributed by atoms with van der Waals surface area (Å²) in [7, 11) is 0. The van der Waals surface area contributed by atoms with Gasteiger partial charge in [0.2, 0.25) is 11.8 Å². The Labute approximate surface area is 136 Å². The molecule has 0 spiro atoms. The second-order valence-electron chi connectivity index (χ2n) is 5.96. The first-order valence-corrected chi connectivity index (χ1v) is 8.16. The summed E-state index contributed by atoms with van der Waals surface area (Å²) in [5, 5.41) is 3.47. The van der Waals surface area contributed by atoms with E-state index in [-0.39, 0.29) is 24.2 Å². The zero-order chi connectivity index (χ0) is 16.3. The van der Waals surface area contributed by atoms with Crippen LogP contribution in [-0.4, -0.2) is 24.9 Å². The fraction of sp³-hybridized carbons (Fsp3) is 0.529. The molecule has 2 rings (SSSR count). The molecule has 1 aliphatic heterocycles. The lowest BCUT2D eigenvalue weighted by atomic mass is 10.1. The molecule has 1 N–H and O–H groups in total. The summed E-state index contributed by atoms with van der Waals surface area (Å²) in [6, 6.07) is 3.86. The number of anilines is 1. The van der Waals surface area contributed by atoms with E-state index in [9.17, 15) is 9.59 Å². The molecule has 4 nitrogen and oxygen atoms in total. The minimum atomic E-state index is -0.291. The summed E-state index contributed by atoms with van der Waals surface area (Å²) in [5.41, 5.74) is 2.76. The zero-order valence-corrected chi connectivity index (χ0v) is 14.2. The van der Waals surface area contributed by atoms with Crippen molar-refractivity contribution in [3.8, 4) is 0 Å². The fourth-order valence-corrected chi connectivity index (χ4v) is 3.31. The van der Waals surface area contributed by atoms with E-state index < -0.39 is 0 Å². The molecule has 1 unspecified atom stereocenters. The van der Waals surface area contributed by atoms with Gasteiger partial charge >= 0.3 is 0 Å². The van der Waals surface area contributed by atoms with Gasteiger partial charge in [-0.15, -0.1) is 0 Å². The summed E-state index contributed by atoms with van der Waals surface area (Å²) in [4.78, 5) is 26.1. The molecule has 1 aliphatic rings. The van der Waals surface area contributed by atoms with Gasteiger partial charge in [0.25, 0.3) is 0 Å². The Hall–Kier alpha value is -1.55. The predicted octanol–water partition coefficient (Wildman–Crippen LogP) is 3.23. The number of unbranched alkanes of at least 4 members (excludes halogenated alkanes) is 1. The Kier molecular flexibility index (Phi) is 5.46. The smallest absolute Gasteiger partial charge is 0.227 e. The van der Waals surface area contributed by atoms with E-state index >= 15 is 0 Å². The molecule has 1 saturated heterocycles. The van der Waals surface area contributed by atoms with Gasteiger partial charge in [0.15, 0.2) is 0 Å². The molecule has 1 heterocycles. The third kappa shape index (κ3) is 3.61. The fourth-order valence-electron chi connectivity index (χ4n) is 2.88. The van der Waals surface area contributed by atoms with E-state index in [1.807, 2.05) is 26.0 Å². The van der Waals surface area contributed by atoms with Gasteiger partial charge in [-0.05, 0) is 37.5 Å². The molecule has 0 aliphatic carbocycles. The van der Waals surface area contributed by atoms with Gasteiger partial charge < -0.3 is 10.2 Å². The standard InChI is InChI=1S/C17H23ClN2O2/c1-4-5-6-19-17(22)13-9-15(21)20(10-13)16-12(3)7-11(2)8-14(16)18/h7-8,13H,4-6,9-10H2,1-3H3,(H,19,22). The highest BCUT2D eigenvalue weighted by molar-refractivity contribution is 6.34. The summed E-state index contributed by atoms with van der Waals surface area (Å²) >= 11 is 6.32. The predicted molar refractivity (Wildman–Crippen MR) is 89.3 cm³/mol. The second-order valence-corrected chi connectivity index (χ2v) is 6.37. The number of carbonyl (C=O) groups excluding carboxylic acids is 2. The lowest BCUT2D eigenvalue weighted by molar-refractivity contribution is -0.126. The number of benzene rings is 1. The lowest BCUT2D eigenvalue weighted by Gasteiger charge is -2.21. The summed E-state index contributed by atoms with van der Waals surface area (Å²) in [6.07, 6.45) is 2.24. The highest BCUT2D eigenvalue weighted by Gasteiger charge is 2.36. The quantitative estimate of drug-likeness (QED) is 0.846. The SMILES string of the molecule is CCCCNC(=O)C1CC(=O)N(c2c(C)cc(C)cc2Cl)C1. The maximum atomic E-state index is 12.3. The number of carbonyl (C=O) groups is 2. The molecular weight excluding hydrogens is 300 g/mol. The molecular formula is C17H23ClN2O2. The van der Waals surface area contributed by atoms with Crippen LogP contribution in [0.2, 0.25) is 5.02 Å². The number of rotatable bonds is 5. The van der Waals surface area contributed by atoms with Gasteiger partial charge in [-0.25, -0.2) is 0 Å². The third-order valence-electron chi connectivity index (χ3n) is 3.99. The minimum absolute atomic E-state index is 0.0369. The van der Waals surface area contributed by atoms with Crippen molar-refractivity contribution < 1.29 is 9.59 Å². The van der Waals surface area contributed by atoms with Crippen LogP contribution in [0.4, 0.5) is 5.69 Å². The molecule has 0 radical (unpaired) electrons. The van der Waals surface area contributed by atoms with Crippen LogP contribution < -0.4 is 10.2 Å². The molecule has 120 valence electrons. The maximum Gasteiger partial charge on any atom is 0.227 e. The van der Waals surface area contributed by atoms with Crippen LogP contribution in [0.1, 0.15) is 37.3 Å². The van der Waals surface area contributed by atoms with Crippen molar-refractivity contribution in [1.82, 2.24) is 5.32 Å². The van der Waals surface area contributed by atoms with Crippen LogP contribution in [-0.2, 0) is 9.59 Å². The number of hydrogen-bond acceptors (Lipinski definition) is 2. The summed E-state index contributed by atoms with van der Waals surface area (Å²) in [5.74, 6) is -0.365. The molecule has 1 fully saturated rings. The summed E-state index contributed by atoms with van der Waals surface area (Å²) in [6.45, 7) is 7.06. The average molecular weight is 323 g/mol. The molecule has 0 bridgehead atoms. The number of nitrogens with zero attached hydrogens (tertiary/aromatic N) is 1. The average Bonchev–Trinajstić information content (AvgIpc) is 2.80. The van der Waals surface area contributed by atoms with E-state index in [0.29, 0.717) is 18.1 Å².